The van der Waals surface area contributed by atoms with E-state index < -0.39 is 35.8 Å². The van der Waals surface area contributed by atoms with Crippen molar-refractivity contribution in [2.24, 2.45) is 0 Å². The summed E-state index contributed by atoms with van der Waals surface area (Å²) in [5, 5.41) is 5.18. The average Bonchev–Trinajstić information content (AvgIpc) is 2.90. The Morgan fingerprint density at radius 2 is 1.92 bits per heavy atom. The molecule has 3 heterocycles. The van der Waals surface area contributed by atoms with Crippen LogP contribution in [0.3, 0.4) is 0 Å². The second kappa shape index (κ2) is 11.7. The van der Waals surface area contributed by atoms with E-state index in [9.17, 15) is 27.6 Å². The van der Waals surface area contributed by atoms with Crippen molar-refractivity contribution in [2.45, 2.75) is 44.7 Å². The SMILES string of the molecule is CC(=O)NCc1cc([C@H]2CN([C@@H](C)C(=O)Nc3ccc(Oc4ccc(F)cc4)cn3)CCC2(F)F)c[nH]c1=O. The van der Waals surface area contributed by atoms with Crippen molar-refractivity contribution in [3.8, 4) is 11.5 Å². The van der Waals surface area contributed by atoms with Gasteiger partial charge in [0, 0.05) is 44.7 Å². The highest BCUT2D eigenvalue weighted by molar-refractivity contribution is 5.93. The maximum Gasteiger partial charge on any atom is 0.257 e. The number of amides is 2. The van der Waals surface area contributed by atoms with Gasteiger partial charge in [0.15, 0.2) is 0 Å². The van der Waals surface area contributed by atoms with E-state index in [1.165, 1.54) is 55.7 Å². The van der Waals surface area contributed by atoms with E-state index >= 15 is 0 Å². The van der Waals surface area contributed by atoms with Gasteiger partial charge >= 0.3 is 0 Å². The molecule has 1 fully saturated rings. The predicted molar refractivity (Wildman–Crippen MR) is 137 cm³/mol. The summed E-state index contributed by atoms with van der Waals surface area (Å²) >= 11 is 0. The van der Waals surface area contributed by atoms with Crippen molar-refractivity contribution in [3.05, 3.63) is 82.2 Å². The first kappa shape index (κ1) is 27.8. The third-order valence-corrected chi connectivity index (χ3v) is 6.56. The highest BCUT2D eigenvalue weighted by Crippen LogP contribution is 2.40. The van der Waals surface area contributed by atoms with Gasteiger partial charge in [-0.25, -0.2) is 18.2 Å². The Morgan fingerprint density at radius 1 is 1.21 bits per heavy atom. The summed E-state index contributed by atoms with van der Waals surface area (Å²) < 4.78 is 48.6. The van der Waals surface area contributed by atoms with E-state index in [1.54, 1.807) is 17.9 Å². The normalized spacial score (nSPS) is 17.7. The molecule has 3 N–H and O–H groups in total. The summed E-state index contributed by atoms with van der Waals surface area (Å²) in [6.45, 7) is 2.71. The van der Waals surface area contributed by atoms with E-state index in [0.717, 1.165) is 0 Å². The van der Waals surface area contributed by atoms with E-state index in [2.05, 4.69) is 20.6 Å². The molecule has 2 atom stereocenters. The van der Waals surface area contributed by atoms with Gasteiger partial charge in [-0.1, -0.05) is 0 Å². The molecule has 3 aromatic rings. The van der Waals surface area contributed by atoms with Gasteiger partial charge in [0.25, 0.3) is 11.5 Å². The van der Waals surface area contributed by atoms with Crippen LogP contribution in [0.5, 0.6) is 11.5 Å². The molecule has 1 saturated heterocycles. The third-order valence-electron chi connectivity index (χ3n) is 6.56. The minimum atomic E-state index is -3.06. The lowest BCUT2D eigenvalue weighted by molar-refractivity contribution is -0.125. The van der Waals surface area contributed by atoms with Crippen molar-refractivity contribution >= 4 is 17.6 Å². The second-order valence-electron chi connectivity index (χ2n) is 9.36. The van der Waals surface area contributed by atoms with Gasteiger partial charge in [-0.05, 0) is 55.0 Å². The molecule has 2 amide bonds. The van der Waals surface area contributed by atoms with Gasteiger partial charge in [-0.2, -0.15) is 0 Å². The Hall–Kier alpha value is -4.19. The number of carbonyl (C=O) groups is 2. The summed E-state index contributed by atoms with van der Waals surface area (Å²) in [5.74, 6) is -4.43. The minimum absolute atomic E-state index is 0.00192. The maximum absolute atomic E-state index is 15.0. The van der Waals surface area contributed by atoms with Crippen molar-refractivity contribution in [1.29, 1.82) is 0 Å². The molecule has 1 aliphatic heterocycles. The number of nitrogens with one attached hydrogen (secondary N) is 3. The van der Waals surface area contributed by atoms with Crippen LogP contribution in [0.1, 0.15) is 37.3 Å². The Labute approximate surface area is 222 Å². The predicted octanol–water partition coefficient (Wildman–Crippen LogP) is 3.79. The first-order valence-electron chi connectivity index (χ1n) is 12.3. The van der Waals surface area contributed by atoms with E-state index in [4.69, 9.17) is 4.74 Å². The number of nitrogens with zero attached hydrogens (tertiary/aromatic N) is 2. The van der Waals surface area contributed by atoms with Gasteiger partial charge in [-0.3, -0.25) is 19.3 Å². The molecule has 39 heavy (non-hydrogen) atoms. The van der Waals surface area contributed by atoms with Crippen molar-refractivity contribution in [2.75, 3.05) is 18.4 Å². The van der Waals surface area contributed by atoms with Crippen LogP contribution in [-0.2, 0) is 16.1 Å². The van der Waals surface area contributed by atoms with Crippen LogP contribution in [0.15, 0.2) is 59.7 Å². The number of aromatic amines is 1. The van der Waals surface area contributed by atoms with E-state index in [-0.39, 0.29) is 48.3 Å². The number of anilines is 1. The Morgan fingerprint density at radius 3 is 2.59 bits per heavy atom. The highest BCUT2D eigenvalue weighted by Gasteiger charge is 2.46. The number of hydrogen-bond acceptors (Lipinski definition) is 6. The van der Waals surface area contributed by atoms with Crippen LogP contribution in [-0.4, -0.2) is 51.7 Å². The van der Waals surface area contributed by atoms with Crippen molar-refractivity contribution < 1.29 is 27.5 Å². The zero-order chi connectivity index (χ0) is 28.2. The molecule has 206 valence electrons. The fourth-order valence-electron chi connectivity index (χ4n) is 4.28. The quantitative estimate of drug-likeness (QED) is 0.398. The fraction of sp³-hybridized carbons (Fsp3) is 0.333. The average molecular weight is 544 g/mol. The number of likely N-dealkylation sites (tertiary alicyclic amines) is 1. The molecule has 1 aromatic carbocycles. The van der Waals surface area contributed by atoms with Gasteiger partial charge in [0.05, 0.1) is 18.2 Å². The monoisotopic (exact) mass is 543 g/mol. The molecule has 12 heteroatoms. The molecule has 2 aromatic heterocycles. The first-order chi connectivity index (χ1) is 18.5. The van der Waals surface area contributed by atoms with Crippen molar-refractivity contribution in [3.63, 3.8) is 0 Å². The molecule has 4 rings (SSSR count). The number of alkyl halides is 2. The molecular weight excluding hydrogens is 515 g/mol. The number of ether oxygens (including phenoxy) is 1. The van der Waals surface area contributed by atoms with E-state index in [0.29, 0.717) is 11.5 Å². The Bertz CT molecular complexity index is 1380. The van der Waals surface area contributed by atoms with Gasteiger partial charge < -0.3 is 20.4 Å². The summed E-state index contributed by atoms with van der Waals surface area (Å²) in [5.41, 5.74) is -0.0900. The van der Waals surface area contributed by atoms with Crippen LogP contribution in [0.2, 0.25) is 0 Å². The number of piperidine rings is 1. The number of rotatable bonds is 8. The zero-order valence-corrected chi connectivity index (χ0v) is 21.3. The van der Waals surface area contributed by atoms with E-state index in [1.807, 2.05) is 0 Å². The number of carbonyl (C=O) groups excluding carboxylic acids is 2. The number of halogens is 3. The van der Waals surface area contributed by atoms with Gasteiger partial charge in [0.2, 0.25) is 11.8 Å². The molecule has 0 aliphatic carbocycles. The lowest BCUT2D eigenvalue weighted by atomic mass is 9.86. The second-order valence-corrected chi connectivity index (χ2v) is 9.36. The molecular formula is C27H28F3N5O4. The third kappa shape index (κ3) is 7.02. The molecule has 0 spiro atoms. The molecule has 0 bridgehead atoms. The van der Waals surface area contributed by atoms with Crippen LogP contribution < -0.4 is 20.9 Å². The number of hydrogen-bond donors (Lipinski definition) is 3. The summed E-state index contributed by atoms with van der Waals surface area (Å²) in [4.78, 5) is 44.6. The van der Waals surface area contributed by atoms with Crippen LogP contribution in [0.4, 0.5) is 19.0 Å². The zero-order valence-electron chi connectivity index (χ0n) is 21.3. The van der Waals surface area contributed by atoms with Crippen LogP contribution in [0.25, 0.3) is 0 Å². The lowest BCUT2D eigenvalue weighted by Crippen LogP contribution is -2.52. The lowest BCUT2D eigenvalue weighted by Gasteiger charge is -2.40. The van der Waals surface area contributed by atoms with Gasteiger partial charge in [0.1, 0.15) is 23.1 Å². The maximum atomic E-state index is 15.0. The largest absolute Gasteiger partial charge is 0.456 e. The number of aromatic nitrogens is 2. The van der Waals surface area contributed by atoms with Crippen LogP contribution >= 0.6 is 0 Å². The van der Waals surface area contributed by atoms with Crippen molar-refractivity contribution in [1.82, 2.24) is 20.2 Å². The fourth-order valence-corrected chi connectivity index (χ4v) is 4.28. The Kier molecular flexibility index (Phi) is 8.34. The summed E-state index contributed by atoms with van der Waals surface area (Å²) in [6, 6.07) is 9.22. The smallest absolute Gasteiger partial charge is 0.257 e. The summed E-state index contributed by atoms with van der Waals surface area (Å²) in [7, 11) is 0. The minimum Gasteiger partial charge on any atom is -0.456 e. The number of pyridine rings is 2. The molecule has 9 nitrogen and oxygen atoms in total. The number of benzene rings is 1. The number of H-pyrrole nitrogens is 1. The standard InChI is InChI=1S/C27H28F3N5O4/c1-16(25(37)34-24-8-7-22(14-32-24)39-21-5-3-20(28)4-6-21)35-10-9-27(29,30)23(15-35)18-11-19(13-31-17(2)36)26(38)33-12-18/h3-8,11-12,14,16,23H,9-10,13,15H2,1-2H3,(H,31,36)(H,33,38)(H,32,34,37)/t16-,23+/m0/s1. The Balaban J connectivity index is 1.41. The van der Waals surface area contributed by atoms with Gasteiger partial charge in [-0.15, -0.1) is 0 Å². The summed E-state index contributed by atoms with van der Waals surface area (Å²) in [6.07, 6.45) is 2.19. The molecule has 0 radical (unpaired) electrons. The highest BCUT2D eigenvalue weighted by atomic mass is 19.3. The molecule has 1 aliphatic rings. The first-order valence-corrected chi connectivity index (χ1v) is 12.3. The topological polar surface area (TPSA) is 116 Å². The molecule has 0 unspecified atom stereocenters. The van der Waals surface area contributed by atoms with Crippen LogP contribution in [0, 0.1) is 5.82 Å². The molecule has 0 saturated carbocycles.